The first kappa shape index (κ1) is 8.31. The lowest BCUT2D eigenvalue weighted by molar-refractivity contribution is 0.403. The van der Waals surface area contributed by atoms with Crippen LogP contribution in [0.5, 0.6) is 0 Å². The molecule has 0 aromatic carbocycles. The van der Waals surface area contributed by atoms with Gasteiger partial charge in [0.25, 0.3) is 0 Å². The molecule has 0 bridgehead atoms. The van der Waals surface area contributed by atoms with Gasteiger partial charge in [-0.25, -0.2) is 0 Å². The molecule has 1 heterocycles. The summed E-state index contributed by atoms with van der Waals surface area (Å²) in [5, 5.41) is 13.0. The van der Waals surface area contributed by atoms with Gasteiger partial charge in [0, 0.05) is 24.6 Å². The van der Waals surface area contributed by atoms with Gasteiger partial charge in [0.2, 0.25) is 0 Å². The number of aryl methyl sites for hydroxylation is 1. The third-order valence-electron chi connectivity index (χ3n) is 2.68. The average molecular weight is 175 g/mol. The molecule has 0 spiro atoms. The van der Waals surface area contributed by atoms with E-state index in [2.05, 4.69) is 11.2 Å². The monoisotopic (exact) mass is 175 g/mol. The lowest BCUT2D eigenvalue weighted by Crippen LogP contribution is -2.11. The van der Waals surface area contributed by atoms with Crippen LogP contribution in [0.1, 0.15) is 25.0 Å². The molecule has 0 N–H and O–H groups in total. The number of rotatable bonds is 3. The Morgan fingerprint density at radius 1 is 1.69 bits per heavy atom. The molecule has 0 unspecified atom stereocenters. The number of aromatic nitrogens is 2. The molecule has 1 fully saturated rings. The molecule has 0 aliphatic heterocycles. The molecule has 3 nitrogen and oxygen atoms in total. The van der Waals surface area contributed by atoms with Crippen molar-refractivity contribution in [3.8, 4) is 6.07 Å². The summed E-state index contributed by atoms with van der Waals surface area (Å²) in [5.74, 6) is 0. The van der Waals surface area contributed by atoms with E-state index in [4.69, 9.17) is 5.26 Å². The Morgan fingerprint density at radius 2 is 2.46 bits per heavy atom. The first-order valence-electron chi connectivity index (χ1n) is 4.61. The SMILES string of the molecule is Cc1ccn(CC2(CC#N)CC2)n1. The predicted octanol–water partition coefficient (Wildman–Crippen LogP) is 1.89. The van der Waals surface area contributed by atoms with Gasteiger partial charge >= 0.3 is 0 Å². The van der Waals surface area contributed by atoms with Crippen LogP contribution in [0.3, 0.4) is 0 Å². The topological polar surface area (TPSA) is 41.6 Å². The van der Waals surface area contributed by atoms with Gasteiger partial charge in [0.15, 0.2) is 0 Å². The van der Waals surface area contributed by atoms with Crippen molar-refractivity contribution in [2.24, 2.45) is 5.41 Å². The fourth-order valence-electron chi connectivity index (χ4n) is 1.63. The van der Waals surface area contributed by atoms with Crippen LogP contribution >= 0.6 is 0 Å². The summed E-state index contributed by atoms with van der Waals surface area (Å²) in [7, 11) is 0. The number of nitrogens with zero attached hydrogens (tertiary/aromatic N) is 3. The molecule has 3 heteroatoms. The summed E-state index contributed by atoms with van der Waals surface area (Å²) in [6, 6.07) is 4.26. The Hall–Kier alpha value is -1.30. The van der Waals surface area contributed by atoms with Crippen molar-refractivity contribution in [2.75, 3.05) is 0 Å². The van der Waals surface area contributed by atoms with E-state index in [1.54, 1.807) is 0 Å². The maximum absolute atomic E-state index is 8.65. The third kappa shape index (κ3) is 1.72. The summed E-state index contributed by atoms with van der Waals surface area (Å²) in [6.45, 7) is 2.90. The standard InChI is InChI=1S/C10H13N3/c1-9-2-7-13(12-9)8-10(3-4-10)5-6-11/h2,7H,3-5,8H2,1H3. The van der Waals surface area contributed by atoms with E-state index in [1.807, 2.05) is 23.9 Å². The Labute approximate surface area is 78.0 Å². The number of hydrogen-bond donors (Lipinski definition) is 0. The minimum absolute atomic E-state index is 0.257. The highest BCUT2D eigenvalue weighted by molar-refractivity contribution is 5.01. The Kier molecular flexibility index (Phi) is 1.84. The lowest BCUT2D eigenvalue weighted by Gasteiger charge is -2.09. The molecular weight excluding hydrogens is 162 g/mol. The van der Waals surface area contributed by atoms with Gasteiger partial charge in [-0.1, -0.05) is 0 Å². The second-order valence-electron chi connectivity index (χ2n) is 3.99. The van der Waals surface area contributed by atoms with Crippen LogP contribution in [-0.4, -0.2) is 9.78 Å². The van der Waals surface area contributed by atoms with Gasteiger partial charge in [-0.2, -0.15) is 10.4 Å². The summed E-state index contributed by atoms with van der Waals surface area (Å²) in [6.07, 6.45) is 5.03. The molecule has 0 amide bonds. The zero-order valence-corrected chi connectivity index (χ0v) is 7.82. The molecule has 1 aromatic heterocycles. The van der Waals surface area contributed by atoms with E-state index in [0.29, 0.717) is 6.42 Å². The molecule has 13 heavy (non-hydrogen) atoms. The van der Waals surface area contributed by atoms with Crippen molar-refractivity contribution in [3.05, 3.63) is 18.0 Å². The Morgan fingerprint density at radius 3 is 2.92 bits per heavy atom. The van der Waals surface area contributed by atoms with Crippen molar-refractivity contribution in [1.82, 2.24) is 9.78 Å². The normalized spacial score (nSPS) is 18.2. The van der Waals surface area contributed by atoms with Crippen LogP contribution in [0.2, 0.25) is 0 Å². The van der Waals surface area contributed by atoms with Crippen LogP contribution in [-0.2, 0) is 6.54 Å². The van der Waals surface area contributed by atoms with Gasteiger partial charge in [0.05, 0.1) is 11.8 Å². The highest BCUT2D eigenvalue weighted by Gasteiger charge is 2.42. The number of nitriles is 1. The van der Waals surface area contributed by atoms with E-state index in [-0.39, 0.29) is 5.41 Å². The smallest absolute Gasteiger partial charge is 0.0628 e. The highest BCUT2D eigenvalue weighted by atomic mass is 15.3. The van der Waals surface area contributed by atoms with Gasteiger partial charge in [-0.15, -0.1) is 0 Å². The number of hydrogen-bond acceptors (Lipinski definition) is 2. The highest BCUT2D eigenvalue weighted by Crippen LogP contribution is 2.49. The van der Waals surface area contributed by atoms with Crippen molar-refractivity contribution in [3.63, 3.8) is 0 Å². The first-order chi connectivity index (χ1) is 6.24. The van der Waals surface area contributed by atoms with E-state index in [0.717, 1.165) is 12.2 Å². The van der Waals surface area contributed by atoms with E-state index < -0.39 is 0 Å². The molecule has 1 aliphatic carbocycles. The van der Waals surface area contributed by atoms with Crippen molar-refractivity contribution in [1.29, 1.82) is 5.26 Å². The van der Waals surface area contributed by atoms with Gasteiger partial charge < -0.3 is 0 Å². The van der Waals surface area contributed by atoms with Crippen molar-refractivity contribution < 1.29 is 0 Å². The fraction of sp³-hybridized carbons (Fsp3) is 0.600. The summed E-state index contributed by atoms with van der Waals surface area (Å²) in [4.78, 5) is 0. The van der Waals surface area contributed by atoms with Crippen LogP contribution in [0.25, 0.3) is 0 Å². The molecule has 2 rings (SSSR count). The van der Waals surface area contributed by atoms with Crippen LogP contribution in [0, 0.1) is 23.7 Å². The maximum Gasteiger partial charge on any atom is 0.0628 e. The summed E-state index contributed by atoms with van der Waals surface area (Å²) < 4.78 is 1.96. The molecule has 1 saturated carbocycles. The van der Waals surface area contributed by atoms with Crippen LogP contribution in [0.4, 0.5) is 0 Å². The predicted molar refractivity (Wildman–Crippen MR) is 48.9 cm³/mol. The van der Waals surface area contributed by atoms with E-state index >= 15 is 0 Å². The van der Waals surface area contributed by atoms with Crippen molar-refractivity contribution >= 4 is 0 Å². The van der Waals surface area contributed by atoms with Crippen molar-refractivity contribution in [2.45, 2.75) is 32.7 Å². The zero-order valence-electron chi connectivity index (χ0n) is 7.82. The fourth-order valence-corrected chi connectivity index (χ4v) is 1.63. The Balaban J connectivity index is 2.02. The third-order valence-corrected chi connectivity index (χ3v) is 2.68. The van der Waals surface area contributed by atoms with Gasteiger partial charge in [-0.05, 0) is 25.8 Å². The molecule has 0 saturated heterocycles. The molecule has 68 valence electrons. The first-order valence-corrected chi connectivity index (χ1v) is 4.61. The summed E-state index contributed by atoms with van der Waals surface area (Å²) >= 11 is 0. The van der Waals surface area contributed by atoms with E-state index in [9.17, 15) is 0 Å². The average Bonchev–Trinajstić information content (AvgIpc) is 2.70. The Bertz CT molecular complexity index is 341. The van der Waals surface area contributed by atoms with Gasteiger partial charge in [0.1, 0.15) is 0 Å². The quantitative estimate of drug-likeness (QED) is 0.703. The molecule has 1 aliphatic rings. The summed E-state index contributed by atoms with van der Waals surface area (Å²) in [5.41, 5.74) is 1.31. The molecule has 0 atom stereocenters. The molecular formula is C10H13N3. The second kappa shape index (κ2) is 2.88. The van der Waals surface area contributed by atoms with E-state index in [1.165, 1.54) is 12.8 Å². The minimum atomic E-state index is 0.257. The second-order valence-corrected chi connectivity index (χ2v) is 3.99. The minimum Gasteiger partial charge on any atom is -0.272 e. The maximum atomic E-state index is 8.65. The van der Waals surface area contributed by atoms with Gasteiger partial charge in [-0.3, -0.25) is 4.68 Å². The van der Waals surface area contributed by atoms with Crippen LogP contribution < -0.4 is 0 Å². The largest absolute Gasteiger partial charge is 0.272 e. The lowest BCUT2D eigenvalue weighted by atomic mass is 10.0. The van der Waals surface area contributed by atoms with Crippen LogP contribution in [0.15, 0.2) is 12.3 Å². The molecule has 0 radical (unpaired) electrons. The zero-order chi connectivity index (χ0) is 9.31. The molecule has 1 aromatic rings.